The quantitative estimate of drug-likeness (QED) is 0.739. The lowest BCUT2D eigenvalue weighted by Crippen LogP contribution is -2.18. The molecule has 70 valence electrons. The van der Waals surface area contributed by atoms with Gasteiger partial charge in [0.05, 0.1) is 17.6 Å². The zero-order valence-electron chi connectivity index (χ0n) is 7.74. The first kappa shape index (κ1) is 8.51. The molecule has 0 saturated carbocycles. The lowest BCUT2D eigenvalue weighted by molar-refractivity contribution is 0.327. The van der Waals surface area contributed by atoms with E-state index in [9.17, 15) is 0 Å². The monoisotopic (exact) mass is 177 g/mol. The summed E-state index contributed by atoms with van der Waals surface area (Å²) in [6, 6.07) is 3.92. The lowest BCUT2D eigenvalue weighted by atomic mass is 10.3. The summed E-state index contributed by atoms with van der Waals surface area (Å²) in [7, 11) is 0. The third-order valence-electron chi connectivity index (χ3n) is 2.43. The maximum absolute atomic E-state index is 5.56. The number of hydrogen-bond acceptors (Lipinski definition) is 3. The average molecular weight is 177 g/mol. The molecule has 1 aromatic heterocycles. The molecule has 0 unspecified atom stereocenters. The summed E-state index contributed by atoms with van der Waals surface area (Å²) in [6.07, 6.45) is 4.38. The SMILES string of the molecule is Nc1ccc(CN2CCCC2)nc1. The topological polar surface area (TPSA) is 42.1 Å². The molecular weight excluding hydrogens is 162 g/mol. The first-order valence-electron chi connectivity index (χ1n) is 4.77. The van der Waals surface area contributed by atoms with Crippen molar-refractivity contribution in [2.45, 2.75) is 19.4 Å². The number of nitrogen functional groups attached to an aromatic ring is 1. The second-order valence-electron chi connectivity index (χ2n) is 3.57. The van der Waals surface area contributed by atoms with E-state index in [-0.39, 0.29) is 0 Å². The minimum absolute atomic E-state index is 0.741. The van der Waals surface area contributed by atoms with Crippen molar-refractivity contribution in [3.63, 3.8) is 0 Å². The summed E-state index contributed by atoms with van der Waals surface area (Å²) in [4.78, 5) is 6.70. The molecule has 2 N–H and O–H groups in total. The van der Waals surface area contributed by atoms with Crippen LogP contribution in [0.4, 0.5) is 5.69 Å². The zero-order valence-corrected chi connectivity index (χ0v) is 7.74. The minimum atomic E-state index is 0.741. The summed E-state index contributed by atoms with van der Waals surface area (Å²) < 4.78 is 0. The highest BCUT2D eigenvalue weighted by molar-refractivity contribution is 5.34. The Morgan fingerprint density at radius 2 is 2.08 bits per heavy atom. The van der Waals surface area contributed by atoms with Crippen LogP contribution in [-0.4, -0.2) is 23.0 Å². The molecule has 3 nitrogen and oxygen atoms in total. The molecule has 0 aliphatic carbocycles. The Labute approximate surface area is 78.6 Å². The molecule has 1 aliphatic heterocycles. The number of nitrogens with zero attached hydrogens (tertiary/aromatic N) is 2. The first-order valence-corrected chi connectivity index (χ1v) is 4.77. The van der Waals surface area contributed by atoms with Crippen LogP contribution in [0.5, 0.6) is 0 Å². The van der Waals surface area contributed by atoms with Gasteiger partial charge in [-0.25, -0.2) is 0 Å². The molecule has 0 atom stereocenters. The summed E-state index contributed by atoms with van der Waals surface area (Å²) in [5.41, 5.74) is 7.42. The predicted molar refractivity (Wildman–Crippen MR) is 53.2 cm³/mol. The molecule has 13 heavy (non-hydrogen) atoms. The summed E-state index contributed by atoms with van der Waals surface area (Å²) in [5.74, 6) is 0. The number of pyridine rings is 1. The maximum Gasteiger partial charge on any atom is 0.0545 e. The van der Waals surface area contributed by atoms with E-state index in [0.29, 0.717) is 0 Å². The normalized spacial score (nSPS) is 17.8. The van der Waals surface area contributed by atoms with E-state index in [2.05, 4.69) is 9.88 Å². The summed E-state index contributed by atoms with van der Waals surface area (Å²) in [6.45, 7) is 3.40. The molecule has 0 spiro atoms. The van der Waals surface area contributed by atoms with Gasteiger partial charge in [0.25, 0.3) is 0 Å². The molecular formula is C10H15N3. The number of anilines is 1. The molecule has 0 bridgehead atoms. The number of likely N-dealkylation sites (tertiary alicyclic amines) is 1. The molecule has 1 fully saturated rings. The molecule has 1 saturated heterocycles. The molecule has 3 heteroatoms. The van der Waals surface area contributed by atoms with E-state index >= 15 is 0 Å². The molecule has 2 heterocycles. The van der Waals surface area contributed by atoms with Crippen molar-refractivity contribution in [3.05, 3.63) is 24.0 Å². The van der Waals surface area contributed by atoms with Gasteiger partial charge in [-0.05, 0) is 38.1 Å². The van der Waals surface area contributed by atoms with Gasteiger partial charge in [0.1, 0.15) is 0 Å². The summed E-state index contributed by atoms with van der Waals surface area (Å²) in [5, 5.41) is 0. The second kappa shape index (κ2) is 3.75. The van der Waals surface area contributed by atoms with Crippen LogP contribution in [0, 0.1) is 0 Å². The Kier molecular flexibility index (Phi) is 2.45. The Morgan fingerprint density at radius 1 is 1.31 bits per heavy atom. The van der Waals surface area contributed by atoms with Crippen LogP contribution < -0.4 is 5.73 Å². The highest BCUT2D eigenvalue weighted by Crippen LogP contribution is 2.11. The van der Waals surface area contributed by atoms with Gasteiger partial charge in [-0.3, -0.25) is 9.88 Å². The van der Waals surface area contributed by atoms with Gasteiger partial charge in [-0.1, -0.05) is 0 Å². The molecule has 0 radical (unpaired) electrons. The van der Waals surface area contributed by atoms with Gasteiger partial charge in [-0.15, -0.1) is 0 Å². The van der Waals surface area contributed by atoms with Crippen molar-refractivity contribution in [1.29, 1.82) is 0 Å². The third-order valence-corrected chi connectivity index (χ3v) is 2.43. The first-order chi connectivity index (χ1) is 6.34. The number of rotatable bonds is 2. The highest BCUT2D eigenvalue weighted by Gasteiger charge is 2.11. The fourth-order valence-electron chi connectivity index (χ4n) is 1.70. The summed E-state index contributed by atoms with van der Waals surface area (Å²) >= 11 is 0. The standard InChI is InChI=1S/C10H15N3/c11-9-3-4-10(12-7-9)8-13-5-1-2-6-13/h3-4,7H,1-2,5-6,8,11H2. The van der Waals surface area contributed by atoms with Crippen LogP contribution >= 0.6 is 0 Å². The van der Waals surface area contributed by atoms with Gasteiger partial charge in [0, 0.05) is 6.54 Å². The zero-order chi connectivity index (χ0) is 9.10. The number of hydrogen-bond donors (Lipinski definition) is 1. The van der Waals surface area contributed by atoms with Crippen LogP contribution in [0.3, 0.4) is 0 Å². The van der Waals surface area contributed by atoms with Crippen LogP contribution in [0.1, 0.15) is 18.5 Å². The Balaban J connectivity index is 1.97. The number of nitrogens with two attached hydrogens (primary N) is 1. The van der Waals surface area contributed by atoms with E-state index in [1.54, 1.807) is 6.20 Å². The fraction of sp³-hybridized carbons (Fsp3) is 0.500. The van der Waals surface area contributed by atoms with Crippen molar-refractivity contribution >= 4 is 5.69 Å². The van der Waals surface area contributed by atoms with E-state index in [1.807, 2.05) is 12.1 Å². The van der Waals surface area contributed by atoms with Crippen LogP contribution in [-0.2, 0) is 6.54 Å². The molecule has 0 amide bonds. The molecule has 2 rings (SSSR count). The van der Waals surface area contributed by atoms with Crippen molar-refractivity contribution in [1.82, 2.24) is 9.88 Å². The van der Waals surface area contributed by atoms with E-state index < -0.39 is 0 Å². The van der Waals surface area contributed by atoms with Crippen molar-refractivity contribution in [2.24, 2.45) is 0 Å². The molecule has 0 aromatic carbocycles. The van der Waals surface area contributed by atoms with Crippen molar-refractivity contribution in [3.8, 4) is 0 Å². The smallest absolute Gasteiger partial charge is 0.0545 e. The van der Waals surface area contributed by atoms with Gasteiger partial charge in [0.2, 0.25) is 0 Å². The highest BCUT2D eigenvalue weighted by atomic mass is 15.1. The van der Waals surface area contributed by atoms with E-state index in [1.165, 1.54) is 25.9 Å². The average Bonchev–Trinajstić information content (AvgIpc) is 2.62. The van der Waals surface area contributed by atoms with Crippen molar-refractivity contribution < 1.29 is 0 Å². The minimum Gasteiger partial charge on any atom is -0.397 e. The molecule has 1 aliphatic rings. The fourth-order valence-corrected chi connectivity index (χ4v) is 1.70. The maximum atomic E-state index is 5.56. The largest absolute Gasteiger partial charge is 0.397 e. The van der Waals surface area contributed by atoms with Gasteiger partial charge in [0.15, 0.2) is 0 Å². The van der Waals surface area contributed by atoms with Gasteiger partial charge in [-0.2, -0.15) is 0 Å². The van der Waals surface area contributed by atoms with Gasteiger partial charge >= 0.3 is 0 Å². The van der Waals surface area contributed by atoms with Crippen LogP contribution in [0.2, 0.25) is 0 Å². The molecule has 1 aromatic rings. The third kappa shape index (κ3) is 2.18. The van der Waals surface area contributed by atoms with E-state index in [4.69, 9.17) is 5.73 Å². The van der Waals surface area contributed by atoms with Crippen molar-refractivity contribution in [2.75, 3.05) is 18.8 Å². The Bertz CT molecular complexity index is 262. The van der Waals surface area contributed by atoms with Gasteiger partial charge < -0.3 is 5.73 Å². The Morgan fingerprint density at radius 3 is 2.69 bits per heavy atom. The predicted octanol–water partition coefficient (Wildman–Crippen LogP) is 1.26. The number of aromatic nitrogens is 1. The van der Waals surface area contributed by atoms with Crippen LogP contribution in [0.15, 0.2) is 18.3 Å². The second-order valence-corrected chi connectivity index (χ2v) is 3.57. The lowest BCUT2D eigenvalue weighted by Gasteiger charge is -2.13. The Hall–Kier alpha value is -1.09. The van der Waals surface area contributed by atoms with Crippen LogP contribution in [0.25, 0.3) is 0 Å². The van der Waals surface area contributed by atoms with E-state index in [0.717, 1.165) is 17.9 Å².